The highest BCUT2D eigenvalue weighted by molar-refractivity contribution is 6.31. The van der Waals surface area contributed by atoms with Gasteiger partial charge in [0.2, 0.25) is 5.79 Å². The van der Waals surface area contributed by atoms with Crippen LogP contribution >= 0.6 is 11.6 Å². The van der Waals surface area contributed by atoms with E-state index in [1.807, 2.05) is 25.1 Å². The third kappa shape index (κ3) is 4.36. The summed E-state index contributed by atoms with van der Waals surface area (Å²) in [6.45, 7) is 2.08. The molecule has 0 heterocycles. The normalized spacial score (nSPS) is 23.4. The number of aliphatic hydroxyl groups is 4. The lowest BCUT2D eigenvalue weighted by molar-refractivity contribution is -0.132. The average Bonchev–Trinajstić information content (AvgIpc) is 2.67. The Morgan fingerprint density at radius 1 is 1.04 bits per heavy atom. The first kappa shape index (κ1) is 20.3. The van der Waals surface area contributed by atoms with Crippen molar-refractivity contribution >= 4 is 11.6 Å². The number of rotatable bonds is 5. The third-order valence-corrected chi connectivity index (χ3v) is 5.97. The van der Waals surface area contributed by atoms with Gasteiger partial charge in [-0.1, -0.05) is 48.9 Å². The summed E-state index contributed by atoms with van der Waals surface area (Å²) in [5.74, 6) is -2.11. The van der Waals surface area contributed by atoms with Crippen LogP contribution in [0.5, 0.6) is 0 Å². The number of aryl methyl sites for hydroxylation is 1. The molecule has 3 atom stereocenters. The standard InChI is InChI=1S/C22H27ClO4/c1-2-14-3-6-18(7-4-14)22(26,27)20-12-16(5-8-21(20)23)17-9-15(13-24)10-19(25)11-17/h3-8,12,15,17,19,24-27H,2,9-11,13H2,1H3. The monoisotopic (exact) mass is 390 g/mol. The van der Waals surface area contributed by atoms with E-state index in [9.17, 15) is 20.4 Å². The summed E-state index contributed by atoms with van der Waals surface area (Å²) in [5.41, 5.74) is 2.59. The van der Waals surface area contributed by atoms with Crippen molar-refractivity contribution in [3.63, 3.8) is 0 Å². The number of benzene rings is 2. The fraction of sp³-hybridized carbons (Fsp3) is 0.455. The van der Waals surface area contributed by atoms with Crippen LogP contribution in [-0.2, 0) is 12.2 Å². The lowest BCUT2D eigenvalue weighted by atomic mass is 9.76. The summed E-state index contributed by atoms with van der Waals surface area (Å²) in [4.78, 5) is 0. The second kappa shape index (κ2) is 8.29. The van der Waals surface area contributed by atoms with Crippen molar-refractivity contribution in [1.82, 2.24) is 0 Å². The van der Waals surface area contributed by atoms with Crippen LogP contribution < -0.4 is 0 Å². The fourth-order valence-corrected chi connectivity index (χ4v) is 4.27. The van der Waals surface area contributed by atoms with Crippen molar-refractivity contribution in [2.24, 2.45) is 5.92 Å². The van der Waals surface area contributed by atoms with Gasteiger partial charge in [0.15, 0.2) is 0 Å². The van der Waals surface area contributed by atoms with Crippen LogP contribution in [0.25, 0.3) is 0 Å². The summed E-state index contributed by atoms with van der Waals surface area (Å²) < 4.78 is 0. The molecular weight excluding hydrogens is 364 g/mol. The van der Waals surface area contributed by atoms with Gasteiger partial charge in [0, 0.05) is 22.8 Å². The van der Waals surface area contributed by atoms with E-state index in [4.69, 9.17) is 11.6 Å². The molecule has 0 radical (unpaired) electrons. The summed E-state index contributed by atoms with van der Waals surface area (Å²) >= 11 is 6.30. The minimum Gasteiger partial charge on any atom is -0.396 e. The maximum Gasteiger partial charge on any atom is 0.218 e. The van der Waals surface area contributed by atoms with Gasteiger partial charge in [-0.25, -0.2) is 0 Å². The Hall–Kier alpha value is -1.43. The molecule has 2 aromatic rings. The number of hydrogen-bond acceptors (Lipinski definition) is 4. The minimum absolute atomic E-state index is 0.0418. The molecule has 0 amide bonds. The maximum absolute atomic E-state index is 10.9. The Bertz CT molecular complexity index is 772. The quantitative estimate of drug-likeness (QED) is 0.590. The summed E-state index contributed by atoms with van der Waals surface area (Å²) in [6, 6.07) is 12.4. The maximum atomic E-state index is 10.9. The van der Waals surface area contributed by atoms with E-state index < -0.39 is 11.9 Å². The molecule has 3 rings (SSSR count). The Balaban J connectivity index is 1.94. The zero-order valence-electron chi connectivity index (χ0n) is 15.5. The first-order valence-corrected chi connectivity index (χ1v) is 9.86. The highest BCUT2D eigenvalue weighted by Crippen LogP contribution is 2.40. The molecule has 0 aromatic heterocycles. The van der Waals surface area contributed by atoms with Crippen LogP contribution in [0.15, 0.2) is 42.5 Å². The molecule has 4 nitrogen and oxygen atoms in total. The van der Waals surface area contributed by atoms with Gasteiger partial charge in [0.1, 0.15) is 0 Å². The molecule has 1 saturated carbocycles. The largest absolute Gasteiger partial charge is 0.396 e. The SMILES string of the molecule is CCc1ccc(C(O)(O)c2cc(C3CC(O)CC(CO)C3)ccc2Cl)cc1. The molecule has 1 aliphatic carbocycles. The molecule has 27 heavy (non-hydrogen) atoms. The van der Waals surface area contributed by atoms with E-state index in [1.54, 1.807) is 24.3 Å². The van der Waals surface area contributed by atoms with Crippen LogP contribution in [-0.4, -0.2) is 33.1 Å². The van der Waals surface area contributed by atoms with Gasteiger partial charge in [-0.3, -0.25) is 0 Å². The van der Waals surface area contributed by atoms with Gasteiger partial charge in [0.25, 0.3) is 0 Å². The highest BCUT2D eigenvalue weighted by Gasteiger charge is 2.33. The number of halogens is 1. The van der Waals surface area contributed by atoms with Crippen molar-refractivity contribution in [3.05, 3.63) is 69.7 Å². The molecule has 3 unspecified atom stereocenters. The van der Waals surface area contributed by atoms with Crippen molar-refractivity contribution in [1.29, 1.82) is 0 Å². The molecule has 0 saturated heterocycles. The van der Waals surface area contributed by atoms with Gasteiger partial charge < -0.3 is 20.4 Å². The molecule has 0 spiro atoms. The minimum atomic E-state index is -2.21. The second-order valence-corrected chi connectivity index (χ2v) is 7.98. The van der Waals surface area contributed by atoms with E-state index >= 15 is 0 Å². The molecule has 0 aliphatic heterocycles. The van der Waals surface area contributed by atoms with Crippen LogP contribution in [0, 0.1) is 5.92 Å². The van der Waals surface area contributed by atoms with E-state index in [0.29, 0.717) is 18.4 Å². The van der Waals surface area contributed by atoms with Crippen molar-refractivity contribution in [3.8, 4) is 0 Å². The molecule has 146 valence electrons. The fourth-order valence-electron chi connectivity index (χ4n) is 4.02. The van der Waals surface area contributed by atoms with Crippen LogP contribution in [0.1, 0.15) is 54.4 Å². The van der Waals surface area contributed by atoms with Gasteiger partial charge in [-0.2, -0.15) is 0 Å². The van der Waals surface area contributed by atoms with E-state index in [1.165, 1.54) is 0 Å². The molecule has 4 N–H and O–H groups in total. The lowest BCUT2D eigenvalue weighted by Gasteiger charge is -2.33. The summed E-state index contributed by atoms with van der Waals surface area (Å²) in [6.07, 6.45) is 2.35. The van der Waals surface area contributed by atoms with Gasteiger partial charge >= 0.3 is 0 Å². The Kier molecular flexibility index (Phi) is 6.24. The van der Waals surface area contributed by atoms with Crippen molar-refractivity contribution in [2.45, 2.75) is 50.4 Å². The van der Waals surface area contributed by atoms with E-state index in [2.05, 4.69) is 0 Å². The Labute approximate surface area is 165 Å². The molecule has 0 bridgehead atoms. The van der Waals surface area contributed by atoms with Gasteiger partial charge in [0.05, 0.1) is 6.10 Å². The third-order valence-electron chi connectivity index (χ3n) is 5.64. The molecule has 1 aliphatic rings. The predicted octanol–water partition coefficient (Wildman–Crippen LogP) is 3.33. The lowest BCUT2D eigenvalue weighted by Crippen LogP contribution is -2.29. The highest BCUT2D eigenvalue weighted by atomic mass is 35.5. The summed E-state index contributed by atoms with van der Waals surface area (Å²) in [7, 11) is 0. The topological polar surface area (TPSA) is 80.9 Å². The Morgan fingerprint density at radius 3 is 2.37 bits per heavy atom. The van der Waals surface area contributed by atoms with E-state index in [-0.39, 0.29) is 29.0 Å². The molecule has 2 aromatic carbocycles. The molecule has 5 heteroatoms. The van der Waals surface area contributed by atoms with Gasteiger partial charge in [-0.05, 0) is 60.8 Å². The van der Waals surface area contributed by atoms with Crippen LogP contribution in [0.3, 0.4) is 0 Å². The second-order valence-electron chi connectivity index (χ2n) is 7.57. The van der Waals surface area contributed by atoms with Crippen LogP contribution in [0.2, 0.25) is 5.02 Å². The number of hydrogen-bond donors (Lipinski definition) is 4. The Morgan fingerprint density at radius 2 is 1.74 bits per heavy atom. The van der Waals surface area contributed by atoms with Gasteiger partial charge in [-0.15, -0.1) is 0 Å². The van der Waals surface area contributed by atoms with Crippen LogP contribution in [0.4, 0.5) is 0 Å². The smallest absolute Gasteiger partial charge is 0.218 e. The zero-order chi connectivity index (χ0) is 19.6. The first-order chi connectivity index (χ1) is 12.8. The zero-order valence-corrected chi connectivity index (χ0v) is 16.2. The number of aliphatic hydroxyl groups excluding tert-OH is 2. The summed E-state index contributed by atoms with van der Waals surface area (Å²) in [5, 5.41) is 41.6. The first-order valence-electron chi connectivity index (χ1n) is 9.48. The predicted molar refractivity (Wildman–Crippen MR) is 106 cm³/mol. The molecular formula is C22H27ClO4. The average molecular weight is 391 g/mol. The van der Waals surface area contributed by atoms with Crippen molar-refractivity contribution < 1.29 is 20.4 Å². The van der Waals surface area contributed by atoms with E-state index in [0.717, 1.165) is 24.0 Å². The van der Waals surface area contributed by atoms with Crippen molar-refractivity contribution in [2.75, 3.05) is 6.61 Å². The molecule has 1 fully saturated rings.